The van der Waals surface area contributed by atoms with Crippen LogP contribution in [0.15, 0.2) is 39.2 Å². The third-order valence-corrected chi connectivity index (χ3v) is 7.82. The molecule has 1 aliphatic rings. The normalized spacial score (nSPS) is 14.5. The van der Waals surface area contributed by atoms with Crippen LogP contribution < -0.4 is 15.6 Å². The van der Waals surface area contributed by atoms with E-state index in [4.69, 9.17) is 9.15 Å². The number of aryl methyl sites for hydroxylation is 5. The number of nitrogens with one attached hydrogen (secondary N) is 2. The van der Waals surface area contributed by atoms with Crippen molar-refractivity contribution in [3.8, 4) is 11.7 Å². The molecule has 0 atom stereocenters. The molecule has 1 amide bonds. The molecule has 0 unspecified atom stereocenters. The van der Waals surface area contributed by atoms with Gasteiger partial charge in [0.2, 0.25) is 0 Å². The molecule has 0 spiro atoms. The van der Waals surface area contributed by atoms with Crippen LogP contribution in [-0.2, 0) is 18.9 Å². The van der Waals surface area contributed by atoms with Gasteiger partial charge in [0.1, 0.15) is 5.75 Å². The van der Waals surface area contributed by atoms with Crippen LogP contribution >= 0.6 is 15.9 Å². The monoisotopic (exact) mass is 550 g/mol. The summed E-state index contributed by atoms with van der Waals surface area (Å²) in [4.78, 5) is 12.8. The fraction of sp³-hybridized carbons (Fsp3) is 0.357. The van der Waals surface area contributed by atoms with Gasteiger partial charge in [-0.3, -0.25) is 20.3 Å². The van der Waals surface area contributed by atoms with Crippen LogP contribution in [0.25, 0.3) is 10.9 Å². The third-order valence-electron chi connectivity index (χ3n) is 7.07. The minimum Gasteiger partial charge on any atom is -0.424 e. The Labute approximate surface area is 219 Å². The van der Waals surface area contributed by atoms with Gasteiger partial charge >= 0.3 is 5.91 Å². The number of anilines is 1. The molecule has 1 aliphatic carbocycles. The van der Waals surface area contributed by atoms with Gasteiger partial charge in [-0.15, -0.1) is 0 Å². The highest BCUT2D eigenvalue weighted by Gasteiger charge is 2.32. The Balaban J connectivity index is 1.32. The Morgan fingerprint density at radius 1 is 1.17 bits per heavy atom. The van der Waals surface area contributed by atoms with Crippen LogP contribution in [0.5, 0.6) is 11.7 Å². The van der Waals surface area contributed by atoms with Gasteiger partial charge in [0.05, 0.1) is 21.4 Å². The third kappa shape index (κ3) is 4.28. The second-order valence-corrected chi connectivity index (χ2v) is 11.1. The van der Waals surface area contributed by atoms with E-state index >= 15 is 0 Å². The summed E-state index contributed by atoms with van der Waals surface area (Å²) in [5.74, 6) is 0.739. The van der Waals surface area contributed by atoms with Crippen LogP contribution in [0.3, 0.4) is 0 Å². The zero-order valence-electron chi connectivity index (χ0n) is 21.5. The Bertz CT molecular complexity index is 1500. The smallest absolute Gasteiger partial charge is 0.305 e. The number of hydrogen-bond acceptors (Lipinski definition) is 5. The minimum absolute atomic E-state index is 0.0631. The van der Waals surface area contributed by atoms with E-state index in [1.54, 1.807) is 12.1 Å². The van der Waals surface area contributed by atoms with E-state index in [1.165, 1.54) is 17.5 Å². The number of halogens is 1. The average molecular weight is 551 g/mol. The lowest BCUT2D eigenvalue weighted by molar-refractivity contribution is 0.0930. The van der Waals surface area contributed by atoms with E-state index in [0.717, 1.165) is 56.5 Å². The van der Waals surface area contributed by atoms with Crippen molar-refractivity contribution in [1.82, 2.24) is 15.2 Å². The summed E-state index contributed by atoms with van der Waals surface area (Å²) in [5, 5.41) is 5.60. The van der Waals surface area contributed by atoms with E-state index < -0.39 is 5.91 Å². The van der Waals surface area contributed by atoms with Gasteiger partial charge in [0, 0.05) is 18.5 Å². The standard InChI is InChI=1S/C28H31BrN4O3/c1-15-13-19(14-20-23(15)17(3)32-33(20)6)30-31-27(34)21-9-10-22(35-21)36-26-16(2)12-18-8-7-11-28(4,5)24(18)25(26)29/h9-10,12-14,30H,7-8,11H2,1-6H3,(H,31,34). The summed E-state index contributed by atoms with van der Waals surface area (Å²) in [6.07, 6.45) is 3.39. The maximum absolute atomic E-state index is 12.8. The van der Waals surface area contributed by atoms with Gasteiger partial charge in [-0.1, -0.05) is 19.9 Å². The highest BCUT2D eigenvalue weighted by atomic mass is 79.9. The van der Waals surface area contributed by atoms with Crippen molar-refractivity contribution >= 4 is 38.4 Å². The molecule has 188 valence electrons. The SMILES string of the molecule is Cc1cc2c(c(Br)c1Oc1ccc(C(=O)NNc3cc(C)c4c(C)nn(C)c4c3)o1)C(C)(C)CCC2. The second-order valence-electron chi connectivity index (χ2n) is 10.3. The number of rotatable bonds is 5. The number of ether oxygens (including phenoxy) is 1. The van der Waals surface area contributed by atoms with Crippen LogP contribution in [-0.4, -0.2) is 15.7 Å². The molecular weight excluding hydrogens is 520 g/mol. The first-order valence-electron chi connectivity index (χ1n) is 12.2. The van der Waals surface area contributed by atoms with Crippen LogP contribution in [0, 0.1) is 20.8 Å². The van der Waals surface area contributed by atoms with Crippen molar-refractivity contribution in [2.45, 2.75) is 59.3 Å². The molecule has 7 nitrogen and oxygen atoms in total. The van der Waals surface area contributed by atoms with E-state index in [2.05, 4.69) is 51.8 Å². The molecule has 0 radical (unpaired) electrons. The topological polar surface area (TPSA) is 81.3 Å². The van der Waals surface area contributed by atoms with Gasteiger partial charge in [-0.05, 0) is 102 Å². The molecule has 8 heteroatoms. The molecule has 2 aromatic carbocycles. The Morgan fingerprint density at radius 3 is 2.72 bits per heavy atom. The summed E-state index contributed by atoms with van der Waals surface area (Å²) in [6, 6.07) is 9.42. The first-order chi connectivity index (χ1) is 17.0. The minimum atomic E-state index is -0.397. The molecule has 4 aromatic rings. The first-order valence-corrected chi connectivity index (χ1v) is 12.9. The molecule has 0 fully saturated rings. The van der Waals surface area contributed by atoms with Gasteiger partial charge < -0.3 is 9.15 Å². The number of nitrogens with zero attached hydrogens (tertiary/aromatic N) is 2. The fourth-order valence-corrected chi connectivity index (χ4v) is 6.60. The number of carbonyl (C=O) groups is 1. The number of amides is 1. The lowest BCUT2D eigenvalue weighted by Crippen LogP contribution is -2.29. The highest BCUT2D eigenvalue weighted by molar-refractivity contribution is 9.10. The fourth-order valence-electron chi connectivity index (χ4n) is 5.41. The van der Waals surface area contributed by atoms with Crippen molar-refractivity contribution in [2.75, 3.05) is 5.43 Å². The van der Waals surface area contributed by atoms with Crippen LogP contribution in [0.4, 0.5) is 5.69 Å². The number of aromatic nitrogens is 2. The summed E-state index contributed by atoms with van der Waals surface area (Å²) in [5.41, 5.74) is 13.2. The van der Waals surface area contributed by atoms with Crippen molar-refractivity contribution in [3.63, 3.8) is 0 Å². The van der Waals surface area contributed by atoms with Gasteiger partial charge in [0.25, 0.3) is 5.95 Å². The summed E-state index contributed by atoms with van der Waals surface area (Å²) in [7, 11) is 1.91. The van der Waals surface area contributed by atoms with Crippen molar-refractivity contribution in [2.24, 2.45) is 7.05 Å². The lowest BCUT2D eigenvalue weighted by atomic mass is 9.72. The van der Waals surface area contributed by atoms with Crippen LogP contribution in [0.1, 0.15) is 65.2 Å². The molecule has 0 aliphatic heterocycles. The number of fused-ring (bicyclic) bond motifs is 2. The van der Waals surface area contributed by atoms with E-state index in [1.807, 2.05) is 44.6 Å². The molecule has 2 aromatic heterocycles. The Kier molecular flexibility index (Phi) is 6.11. The number of hydrogen-bond donors (Lipinski definition) is 2. The van der Waals surface area contributed by atoms with Crippen molar-refractivity contribution in [1.29, 1.82) is 0 Å². The predicted molar refractivity (Wildman–Crippen MR) is 145 cm³/mol. The molecule has 5 rings (SSSR count). The first kappa shape index (κ1) is 24.4. The Hall–Kier alpha value is -3.26. The largest absolute Gasteiger partial charge is 0.424 e. The van der Waals surface area contributed by atoms with E-state index in [9.17, 15) is 4.79 Å². The quantitative estimate of drug-likeness (QED) is 0.261. The van der Waals surface area contributed by atoms with E-state index in [0.29, 0.717) is 0 Å². The zero-order valence-corrected chi connectivity index (χ0v) is 23.1. The molecular formula is C28H31BrN4O3. The maximum atomic E-state index is 12.8. The Morgan fingerprint density at radius 2 is 1.94 bits per heavy atom. The van der Waals surface area contributed by atoms with Crippen LogP contribution in [0.2, 0.25) is 0 Å². The summed E-state index contributed by atoms with van der Waals surface area (Å²) < 4.78 is 14.7. The molecule has 0 saturated heterocycles. The van der Waals surface area contributed by atoms with Gasteiger partial charge in [-0.25, -0.2) is 0 Å². The van der Waals surface area contributed by atoms with Gasteiger partial charge in [0.15, 0.2) is 5.76 Å². The van der Waals surface area contributed by atoms with E-state index in [-0.39, 0.29) is 17.1 Å². The second kappa shape index (κ2) is 9.00. The number of carbonyl (C=O) groups excluding carboxylic acids is 1. The van der Waals surface area contributed by atoms with Crippen molar-refractivity contribution < 1.29 is 13.9 Å². The van der Waals surface area contributed by atoms with Crippen molar-refractivity contribution in [3.05, 3.63) is 68.5 Å². The van der Waals surface area contributed by atoms with Gasteiger partial charge in [-0.2, -0.15) is 5.10 Å². The molecule has 2 N–H and O–H groups in total. The summed E-state index contributed by atoms with van der Waals surface area (Å²) >= 11 is 3.80. The average Bonchev–Trinajstić information content (AvgIpc) is 3.38. The highest BCUT2D eigenvalue weighted by Crippen LogP contribution is 2.47. The number of furan rings is 1. The molecule has 0 bridgehead atoms. The predicted octanol–water partition coefficient (Wildman–Crippen LogP) is 7.02. The molecule has 0 saturated carbocycles. The zero-order chi connectivity index (χ0) is 25.8. The lowest BCUT2D eigenvalue weighted by Gasteiger charge is -2.34. The number of benzene rings is 2. The summed E-state index contributed by atoms with van der Waals surface area (Å²) in [6.45, 7) is 10.6. The molecule has 36 heavy (non-hydrogen) atoms. The maximum Gasteiger partial charge on any atom is 0.305 e. The number of hydrazine groups is 1. The molecule has 2 heterocycles.